The molecule has 28 heavy (non-hydrogen) atoms. The van der Waals surface area contributed by atoms with Gasteiger partial charge in [-0.2, -0.15) is 0 Å². The van der Waals surface area contributed by atoms with Crippen molar-refractivity contribution >= 4 is 81.1 Å². The Hall–Kier alpha value is -0.961. The van der Waals surface area contributed by atoms with Crippen molar-refractivity contribution in [2.24, 2.45) is 0 Å². The molecule has 0 aliphatic heterocycles. The molecule has 0 amide bonds. The van der Waals surface area contributed by atoms with Gasteiger partial charge in [0.1, 0.15) is 0 Å². The summed E-state index contributed by atoms with van der Waals surface area (Å²) >= 11 is -0.307. The van der Waals surface area contributed by atoms with Crippen LogP contribution >= 0.6 is 24.8 Å². The molecule has 0 aliphatic carbocycles. The van der Waals surface area contributed by atoms with Crippen LogP contribution < -0.4 is 14.4 Å². The van der Waals surface area contributed by atoms with Crippen LogP contribution in [0.15, 0.2) is 121 Å². The van der Waals surface area contributed by atoms with Gasteiger partial charge in [-0.15, -0.1) is 24.8 Å². The molecule has 0 radical (unpaired) electrons. The average Bonchev–Trinajstić information content (AvgIpc) is 2.72. The second kappa shape index (κ2) is 15.0. The molecule has 4 heteroatoms. The molecule has 0 saturated heterocycles. The third kappa shape index (κ3) is 9.49. The maximum absolute atomic E-state index is 2.22. The first-order valence-corrected chi connectivity index (χ1v) is 13.1. The summed E-state index contributed by atoms with van der Waals surface area (Å²) in [5, 5.41) is 0. The molecule has 0 fully saturated rings. The maximum atomic E-state index is 2.22. The Bertz CT molecular complexity index is 719. The molecule has 0 aliphatic rings. The van der Waals surface area contributed by atoms with Gasteiger partial charge in [-0.05, 0) is 0 Å². The summed E-state index contributed by atoms with van der Waals surface area (Å²) in [6.07, 6.45) is 0. The van der Waals surface area contributed by atoms with Crippen LogP contribution in [-0.4, -0.2) is 41.8 Å². The Labute approximate surface area is 200 Å². The van der Waals surface area contributed by atoms with Crippen LogP contribution in [0.1, 0.15) is 0 Å². The SMILES string of the molecule is Cl.Cl.c1ccc([Te]c2ccccc2)cc1.c1ccc([Te]c2ccccc2)cc1. The number of hydrogen-bond donors (Lipinski definition) is 0. The van der Waals surface area contributed by atoms with E-state index in [0.717, 1.165) is 0 Å². The second-order valence-corrected chi connectivity index (χ2v) is 12.0. The molecule has 0 aromatic heterocycles. The van der Waals surface area contributed by atoms with Gasteiger partial charge in [0.25, 0.3) is 0 Å². The van der Waals surface area contributed by atoms with E-state index in [2.05, 4.69) is 121 Å². The van der Waals surface area contributed by atoms with Crippen molar-refractivity contribution in [2.45, 2.75) is 0 Å². The molecule has 0 heterocycles. The molecule has 0 bridgehead atoms. The Morgan fingerprint density at radius 1 is 0.286 bits per heavy atom. The minimum absolute atomic E-state index is 0. The van der Waals surface area contributed by atoms with Gasteiger partial charge < -0.3 is 0 Å². The predicted molar refractivity (Wildman–Crippen MR) is 130 cm³/mol. The zero-order valence-corrected chi connectivity index (χ0v) is 21.5. The average molecular weight is 637 g/mol. The second-order valence-electron chi connectivity index (χ2n) is 5.46. The first-order chi connectivity index (χ1) is 12.9. The molecule has 0 unspecified atom stereocenters. The van der Waals surface area contributed by atoms with E-state index < -0.39 is 0 Å². The van der Waals surface area contributed by atoms with Gasteiger partial charge in [-0.1, -0.05) is 0 Å². The van der Waals surface area contributed by atoms with Crippen LogP contribution in [0.3, 0.4) is 0 Å². The van der Waals surface area contributed by atoms with Crippen molar-refractivity contribution in [1.82, 2.24) is 0 Å². The van der Waals surface area contributed by atoms with E-state index in [4.69, 9.17) is 0 Å². The van der Waals surface area contributed by atoms with Crippen molar-refractivity contribution in [1.29, 1.82) is 0 Å². The Balaban J connectivity index is 0.000000261. The zero-order chi connectivity index (χ0) is 17.9. The normalized spacial score (nSPS) is 9.14. The van der Waals surface area contributed by atoms with E-state index in [-0.39, 0.29) is 66.7 Å². The fraction of sp³-hybridized carbons (Fsp3) is 0. The third-order valence-electron chi connectivity index (χ3n) is 3.44. The predicted octanol–water partition coefficient (Wildman–Crippen LogP) is 3.53. The number of halogens is 2. The molecule has 0 N–H and O–H groups in total. The summed E-state index contributed by atoms with van der Waals surface area (Å²) in [5.41, 5.74) is 0. The first kappa shape index (κ1) is 25.1. The summed E-state index contributed by atoms with van der Waals surface area (Å²) in [4.78, 5) is 0. The molecule has 144 valence electrons. The summed E-state index contributed by atoms with van der Waals surface area (Å²) < 4.78 is 6.00. The molecule has 0 atom stereocenters. The van der Waals surface area contributed by atoms with Crippen LogP contribution in [0.5, 0.6) is 0 Å². The molecular formula is C24H22Cl2Te2. The van der Waals surface area contributed by atoms with Crippen molar-refractivity contribution in [3.05, 3.63) is 121 Å². The molecule has 0 saturated carbocycles. The molecule has 0 spiro atoms. The summed E-state index contributed by atoms with van der Waals surface area (Å²) in [5.74, 6) is 0. The van der Waals surface area contributed by atoms with Crippen molar-refractivity contribution in [3.8, 4) is 0 Å². The summed E-state index contributed by atoms with van der Waals surface area (Å²) in [6, 6.07) is 42.9. The minimum atomic E-state index is -0.153. The van der Waals surface area contributed by atoms with E-state index in [1.807, 2.05) is 0 Å². The monoisotopic (exact) mass is 640 g/mol. The quantitative estimate of drug-likeness (QED) is 0.301. The summed E-state index contributed by atoms with van der Waals surface area (Å²) in [6.45, 7) is 0. The van der Waals surface area contributed by atoms with E-state index in [1.54, 1.807) is 0 Å². The van der Waals surface area contributed by atoms with Gasteiger partial charge in [0.15, 0.2) is 0 Å². The van der Waals surface area contributed by atoms with Crippen LogP contribution in [0.2, 0.25) is 0 Å². The van der Waals surface area contributed by atoms with Crippen molar-refractivity contribution in [2.75, 3.05) is 0 Å². The fourth-order valence-electron chi connectivity index (χ4n) is 2.23. The van der Waals surface area contributed by atoms with Crippen LogP contribution in [0.25, 0.3) is 0 Å². The van der Waals surface area contributed by atoms with Crippen LogP contribution in [0.4, 0.5) is 0 Å². The van der Waals surface area contributed by atoms with Crippen LogP contribution in [0, 0.1) is 0 Å². The Morgan fingerprint density at radius 2 is 0.464 bits per heavy atom. The van der Waals surface area contributed by atoms with Crippen molar-refractivity contribution < 1.29 is 0 Å². The fourth-order valence-corrected chi connectivity index (χ4v) is 7.13. The molecule has 4 aromatic rings. The van der Waals surface area contributed by atoms with Gasteiger partial charge in [0, 0.05) is 0 Å². The molecule has 0 nitrogen and oxygen atoms in total. The van der Waals surface area contributed by atoms with E-state index in [0.29, 0.717) is 0 Å². The van der Waals surface area contributed by atoms with E-state index >= 15 is 0 Å². The van der Waals surface area contributed by atoms with Gasteiger partial charge in [-0.3, -0.25) is 0 Å². The Morgan fingerprint density at radius 3 is 0.643 bits per heavy atom. The van der Waals surface area contributed by atoms with E-state index in [1.165, 1.54) is 14.4 Å². The van der Waals surface area contributed by atoms with Gasteiger partial charge in [0.2, 0.25) is 0 Å². The van der Waals surface area contributed by atoms with E-state index in [9.17, 15) is 0 Å². The zero-order valence-electron chi connectivity index (χ0n) is 15.2. The van der Waals surface area contributed by atoms with Crippen LogP contribution in [-0.2, 0) is 0 Å². The number of hydrogen-bond acceptors (Lipinski definition) is 0. The molecule has 4 aromatic carbocycles. The van der Waals surface area contributed by atoms with Gasteiger partial charge in [0.05, 0.1) is 0 Å². The topological polar surface area (TPSA) is 0 Å². The third-order valence-corrected chi connectivity index (χ3v) is 9.24. The molecule has 4 rings (SSSR count). The number of benzene rings is 4. The molecular weight excluding hydrogens is 614 g/mol. The van der Waals surface area contributed by atoms with Gasteiger partial charge >= 0.3 is 178 Å². The first-order valence-electron chi connectivity index (χ1n) is 8.46. The standard InChI is InChI=1S/2C12H10Te.2ClH/c2*1-3-7-11(8-4-1)13-12-9-5-2-6-10-12;;/h2*1-10H;2*1H. The summed E-state index contributed by atoms with van der Waals surface area (Å²) in [7, 11) is 0. The Kier molecular flexibility index (Phi) is 13.4. The van der Waals surface area contributed by atoms with Gasteiger partial charge in [-0.25, -0.2) is 0 Å². The number of rotatable bonds is 4. The van der Waals surface area contributed by atoms with Crippen molar-refractivity contribution in [3.63, 3.8) is 0 Å².